The van der Waals surface area contributed by atoms with Gasteiger partial charge in [0.25, 0.3) is 0 Å². The van der Waals surface area contributed by atoms with E-state index in [1.54, 1.807) is 18.2 Å². The van der Waals surface area contributed by atoms with E-state index < -0.39 is 60.7 Å². The van der Waals surface area contributed by atoms with Gasteiger partial charge in [-0.15, -0.1) is 0 Å². The Kier molecular flexibility index (Phi) is 6.81. The van der Waals surface area contributed by atoms with E-state index in [9.17, 15) is 20.8 Å². The molecule has 0 aliphatic carbocycles. The number of rotatable bonds is 12. The average molecular weight is 742 g/mol. The third-order valence-corrected chi connectivity index (χ3v) is 9.15. The van der Waals surface area contributed by atoms with E-state index >= 15 is 0 Å². The summed E-state index contributed by atoms with van der Waals surface area (Å²) in [6, 6.07) is 39.1. The van der Waals surface area contributed by atoms with Crippen LogP contribution in [0.1, 0.15) is 49.8 Å². The normalized spacial score (nSPS) is 16.1. The molecular formula is C51H40FN3O. The largest absolute Gasteiger partial charge is 0.455 e. The number of benzene rings is 5. The minimum atomic E-state index is -3.12. The second-order valence-electron chi connectivity index (χ2n) is 13.0. The van der Waals surface area contributed by atoms with Crippen LogP contribution < -0.4 is 0 Å². The number of nitrogens with zero attached hydrogens (tertiary/aromatic N) is 3. The van der Waals surface area contributed by atoms with Gasteiger partial charge < -0.3 is 4.42 Å². The van der Waals surface area contributed by atoms with Crippen LogP contribution >= 0.6 is 0 Å². The standard InChI is InChI=1S/C51H40FN3O/c52-43-23-27-50-46(31-43)44-12-7-13-45(51(44)56-50)49-26-22-37(34-55-49)16-19-40-29-38(17-14-35-20-24-47(53-32-35)41-8-3-1-4-9-41)28-39(30-40)18-15-36-21-25-48(54-33-36)42-10-5-2-6-11-42/h1-13,20-34H,14-19H2/i14D2,15D2,16D2,17D2,18D2,19D2. The first-order chi connectivity index (χ1) is 32.1. The topological polar surface area (TPSA) is 51.8 Å². The van der Waals surface area contributed by atoms with Crippen molar-refractivity contribution in [2.24, 2.45) is 0 Å². The van der Waals surface area contributed by atoms with Crippen LogP contribution in [0.4, 0.5) is 4.39 Å². The Balaban J connectivity index is 1.13. The summed E-state index contributed by atoms with van der Waals surface area (Å²) in [5.41, 5.74) is 1.81. The Hall–Kier alpha value is -6.72. The summed E-state index contributed by atoms with van der Waals surface area (Å²) in [5.74, 6) is -0.441. The first kappa shape index (κ1) is 23.9. The van der Waals surface area contributed by atoms with E-state index in [2.05, 4.69) is 15.0 Å². The molecule has 5 heteroatoms. The summed E-state index contributed by atoms with van der Waals surface area (Å²) >= 11 is 0. The number of pyridine rings is 3. The molecule has 0 radical (unpaired) electrons. The van der Waals surface area contributed by atoms with Crippen molar-refractivity contribution in [1.82, 2.24) is 15.0 Å². The number of aromatic nitrogens is 3. The van der Waals surface area contributed by atoms with Gasteiger partial charge >= 0.3 is 0 Å². The van der Waals surface area contributed by atoms with E-state index in [1.165, 1.54) is 67.0 Å². The summed E-state index contributed by atoms with van der Waals surface area (Å²) in [6.45, 7) is 0. The van der Waals surface area contributed by atoms with Crippen molar-refractivity contribution in [2.45, 2.75) is 38.2 Å². The van der Waals surface area contributed by atoms with Gasteiger partial charge in [0.05, 0.1) is 17.1 Å². The van der Waals surface area contributed by atoms with Crippen molar-refractivity contribution in [3.8, 4) is 33.8 Å². The zero-order valence-electron chi connectivity index (χ0n) is 41.8. The van der Waals surface area contributed by atoms with Crippen LogP contribution in [0.3, 0.4) is 0 Å². The number of aryl methyl sites for hydroxylation is 6. The highest BCUT2D eigenvalue weighted by molar-refractivity contribution is 6.09. The molecule has 4 nitrogen and oxygen atoms in total. The van der Waals surface area contributed by atoms with Gasteiger partial charge in [-0.05, 0) is 114 Å². The molecular weight excluding hydrogens is 690 g/mol. The molecule has 9 rings (SSSR count). The molecule has 5 aromatic carbocycles. The highest BCUT2D eigenvalue weighted by Gasteiger charge is 2.14. The second kappa shape index (κ2) is 15.9. The molecule has 56 heavy (non-hydrogen) atoms. The Labute approximate surface area is 343 Å². The van der Waals surface area contributed by atoms with Crippen molar-refractivity contribution >= 4 is 21.9 Å². The smallest absolute Gasteiger partial charge is 0.144 e. The highest BCUT2D eigenvalue weighted by atomic mass is 19.1. The van der Waals surface area contributed by atoms with Crippen LogP contribution in [0.2, 0.25) is 0 Å². The first-order valence-corrected chi connectivity index (χ1v) is 17.9. The summed E-state index contributed by atoms with van der Waals surface area (Å²) < 4.78 is 132. The van der Waals surface area contributed by atoms with Crippen LogP contribution in [-0.2, 0) is 38.2 Å². The Bertz CT molecular complexity index is 3170. The van der Waals surface area contributed by atoms with Gasteiger partial charge in [0.2, 0.25) is 0 Å². The molecule has 0 atom stereocenters. The number of fused-ring (bicyclic) bond motifs is 3. The number of para-hydroxylation sites is 1. The van der Waals surface area contributed by atoms with E-state index in [4.69, 9.17) is 4.42 Å². The van der Waals surface area contributed by atoms with Crippen LogP contribution in [0.15, 0.2) is 175 Å². The van der Waals surface area contributed by atoms with Crippen molar-refractivity contribution in [2.75, 3.05) is 0 Å². The van der Waals surface area contributed by atoms with Crippen molar-refractivity contribution in [3.05, 3.63) is 209 Å². The molecule has 0 amide bonds. The summed E-state index contributed by atoms with van der Waals surface area (Å²) in [4.78, 5) is 13.3. The van der Waals surface area contributed by atoms with Gasteiger partial charge in [0.1, 0.15) is 17.0 Å². The maximum atomic E-state index is 14.2. The van der Waals surface area contributed by atoms with Gasteiger partial charge in [-0.25, -0.2) is 4.39 Å². The molecule has 0 unspecified atom stereocenters. The third-order valence-electron chi connectivity index (χ3n) is 9.15. The lowest BCUT2D eigenvalue weighted by Gasteiger charge is -2.12. The highest BCUT2D eigenvalue weighted by Crippen LogP contribution is 2.35. The number of halogens is 1. The zero-order chi connectivity index (χ0) is 48.4. The number of hydrogen-bond acceptors (Lipinski definition) is 4. The van der Waals surface area contributed by atoms with Gasteiger partial charge in [0.15, 0.2) is 0 Å². The van der Waals surface area contributed by atoms with Gasteiger partial charge in [-0.3, -0.25) is 15.0 Å². The third kappa shape index (κ3) is 7.89. The fraction of sp³-hybridized carbons (Fsp3) is 0.118. The molecule has 0 aliphatic heterocycles. The lowest BCUT2D eigenvalue weighted by atomic mass is 9.94. The van der Waals surface area contributed by atoms with Crippen LogP contribution in [-0.4, -0.2) is 15.0 Å². The van der Waals surface area contributed by atoms with E-state index in [0.29, 0.717) is 44.6 Å². The van der Waals surface area contributed by atoms with Crippen LogP contribution in [0.25, 0.3) is 55.7 Å². The predicted molar refractivity (Wildman–Crippen MR) is 225 cm³/mol. The Morgan fingerprint density at radius 3 is 1.39 bits per heavy atom. The molecule has 4 aromatic heterocycles. The molecule has 0 fully saturated rings. The maximum absolute atomic E-state index is 14.2. The molecule has 0 bridgehead atoms. The quantitative estimate of drug-likeness (QED) is 0.125. The molecule has 0 spiro atoms. The van der Waals surface area contributed by atoms with E-state index in [-0.39, 0.29) is 16.7 Å². The predicted octanol–water partition coefficient (Wildman–Crippen LogP) is 12.3. The van der Waals surface area contributed by atoms with Gasteiger partial charge in [-0.2, -0.15) is 0 Å². The molecule has 9 aromatic rings. The molecule has 0 saturated heterocycles. The van der Waals surface area contributed by atoms with Gasteiger partial charge in [-0.1, -0.05) is 109 Å². The first-order valence-electron chi connectivity index (χ1n) is 23.9. The molecule has 0 N–H and O–H groups in total. The monoisotopic (exact) mass is 741 g/mol. The van der Waals surface area contributed by atoms with Crippen molar-refractivity contribution in [3.63, 3.8) is 0 Å². The molecule has 0 saturated carbocycles. The van der Waals surface area contributed by atoms with Crippen molar-refractivity contribution in [1.29, 1.82) is 0 Å². The number of furan rings is 1. The van der Waals surface area contributed by atoms with Crippen LogP contribution in [0.5, 0.6) is 0 Å². The molecule has 272 valence electrons. The molecule has 4 heterocycles. The minimum absolute atomic E-state index is 0.188. The average Bonchev–Trinajstić information content (AvgIpc) is 3.72. The number of hydrogen-bond donors (Lipinski definition) is 0. The maximum Gasteiger partial charge on any atom is 0.144 e. The molecule has 0 aliphatic rings. The van der Waals surface area contributed by atoms with Crippen LogP contribution in [0, 0.1) is 5.82 Å². The zero-order valence-corrected chi connectivity index (χ0v) is 29.8. The fourth-order valence-corrected chi connectivity index (χ4v) is 6.37. The minimum Gasteiger partial charge on any atom is -0.455 e. The summed E-state index contributed by atoms with van der Waals surface area (Å²) in [7, 11) is 0. The summed E-state index contributed by atoms with van der Waals surface area (Å²) in [5, 5.41) is 1.18. The Morgan fingerprint density at radius 1 is 0.429 bits per heavy atom. The lowest BCUT2D eigenvalue weighted by molar-refractivity contribution is 0.626. The second-order valence-corrected chi connectivity index (χ2v) is 13.0. The summed E-state index contributed by atoms with van der Waals surface area (Å²) in [6.07, 6.45) is -14.5. The Morgan fingerprint density at radius 2 is 0.911 bits per heavy atom. The van der Waals surface area contributed by atoms with Gasteiger partial charge in [0, 0.05) is 62.5 Å². The lowest BCUT2D eigenvalue weighted by Crippen LogP contribution is -2.00. The fourth-order valence-electron chi connectivity index (χ4n) is 6.37. The van der Waals surface area contributed by atoms with Crippen molar-refractivity contribution < 1.29 is 25.3 Å². The van der Waals surface area contributed by atoms with E-state index in [1.807, 2.05) is 60.7 Å². The SMILES string of the molecule is [2H]C([2H])(c1ccc(-c2ccccc2)nc1)C([2H])([2H])c1cc(C([2H])([2H])C([2H])([2H])c2ccc(-c3ccccc3)nc2)cc(C([2H])([2H])C([2H])([2H])c2ccc(-c3cccc4c3oc3ccc(F)cc34)nc2)c1. The van der Waals surface area contributed by atoms with E-state index in [0.717, 1.165) is 35.5 Å².